The van der Waals surface area contributed by atoms with Gasteiger partial charge in [0, 0.05) is 0 Å². The molecule has 0 spiro atoms. The van der Waals surface area contributed by atoms with Gasteiger partial charge in [0.1, 0.15) is 11.8 Å². The zero-order chi connectivity index (χ0) is 16.2. The maximum Gasteiger partial charge on any atom is 0.222 e. The van der Waals surface area contributed by atoms with E-state index < -0.39 is 13.9 Å². The quantitative estimate of drug-likeness (QED) is 0.740. The van der Waals surface area contributed by atoms with E-state index in [4.69, 9.17) is 8.84 Å². The number of benzene rings is 1. The first-order valence-electron chi connectivity index (χ1n) is 7.27. The summed E-state index contributed by atoms with van der Waals surface area (Å²) in [5, 5.41) is 9.82. The summed E-state index contributed by atoms with van der Waals surface area (Å²) in [4.78, 5) is 0. The van der Waals surface area contributed by atoms with Gasteiger partial charge in [0.25, 0.3) is 0 Å². The molecule has 0 aliphatic rings. The van der Waals surface area contributed by atoms with Crippen LogP contribution in [0, 0.1) is 18.3 Å². The first-order valence-corrected chi connectivity index (χ1v) is 10.7. The van der Waals surface area contributed by atoms with Crippen molar-refractivity contribution in [1.29, 1.82) is 5.26 Å². The minimum absolute atomic E-state index is 0.530. The second-order valence-corrected chi connectivity index (χ2v) is 10.6. The highest BCUT2D eigenvalue weighted by Crippen LogP contribution is 2.32. The molecule has 0 aliphatic heterocycles. The number of hydrogen-bond donors (Lipinski definition) is 0. The van der Waals surface area contributed by atoms with Crippen molar-refractivity contribution in [1.82, 2.24) is 0 Å². The molecule has 0 fully saturated rings. The molecule has 4 heteroatoms. The molecular weight excluding hydrogens is 290 g/mol. The molecule has 2 aromatic rings. The van der Waals surface area contributed by atoms with Gasteiger partial charge in [-0.05, 0) is 50.3 Å². The van der Waals surface area contributed by atoms with Gasteiger partial charge in [0.15, 0.2) is 14.1 Å². The summed E-state index contributed by atoms with van der Waals surface area (Å²) in [5.74, 6) is 1.30. The van der Waals surface area contributed by atoms with Crippen molar-refractivity contribution in [2.24, 2.45) is 0 Å². The Morgan fingerprint density at radius 1 is 1.14 bits per heavy atom. The molecule has 0 radical (unpaired) electrons. The summed E-state index contributed by atoms with van der Waals surface area (Å²) in [6, 6.07) is 15.8. The number of furan rings is 1. The first-order chi connectivity index (χ1) is 10.3. The van der Waals surface area contributed by atoms with Gasteiger partial charge in [-0.1, -0.05) is 36.4 Å². The summed E-state index contributed by atoms with van der Waals surface area (Å²) < 4.78 is 11.9. The van der Waals surface area contributed by atoms with Gasteiger partial charge in [-0.3, -0.25) is 0 Å². The summed E-state index contributed by atoms with van der Waals surface area (Å²) in [7, 11) is -1.96. The van der Waals surface area contributed by atoms with Gasteiger partial charge in [-0.25, -0.2) is 0 Å². The fourth-order valence-electron chi connectivity index (χ4n) is 2.18. The Bertz CT molecular complexity index is 692. The van der Waals surface area contributed by atoms with Crippen LogP contribution >= 0.6 is 0 Å². The largest absolute Gasteiger partial charge is 0.462 e. The minimum atomic E-state index is -1.96. The molecule has 1 unspecified atom stereocenters. The fraction of sp³-hybridized carbons (Fsp3) is 0.278. The Morgan fingerprint density at radius 2 is 1.82 bits per heavy atom. The van der Waals surface area contributed by atoms with Crippen LogP contribution in [0.4, 0.5) is 0 Å². The van der Waals surface area contributed by atoms with Crippen LogP contribution in [0.3, 0.4) is 0 Å². The van der Waals surface area contributed by atoms with Crippen molar-refractivity contribution in [2.75, 3.05) is 0 Å². The highest BCUT2D eigenvalue weighted by molar-refractivity contribution is 6.69. The third-order valence-corrected chi connectivity index (χ3v) is 3.98. The van der Waals surface area contributed by atoms with E-state index in [9.17, 15) is 5.26 Å². The summed E-state index contributed by atoms with van der Waals surface area (Å²) in [6.07, 6.45) is 3.69. The van der Waals surface area contributed by atoms with Gasteiger partial charge in [-0.2, -0.15) is 5.26 Å². The molecule has 1 atom stereocenters. The molecule has 114 valence electrons. The highest BCUT2D eigenvalue weighted by Gasteiger charge is 2.38. The van der Waals surface area contributed by atoms with E-state index in [1.165, 1.54) is 0 Å². The summed E-state index contributed by atoms with van der Waals surface area (Å²) in [6.45, 7) is 8.04. The van der Waals surface area contributed by atoms with E-state index in [1.54, 1.807) is 6.08 Å². The molecular formula is C18H21NO2Si. The second kappa shape index (κ2) is 6.35. The zero-order valence-electron chi connectivity index (χ0n) is 13.5. The third-order valence-electron chi connectivity index (χ3n) is 3.05. The number of rotatable bonds is 5. The molecule has 2 rings (SSSR count). The number of aryl methyl sites for hydroxylation is 1. The van der Waals surface area contributed by atoms with E-state index in [-0.39, 0.29) is 0 Å². The first kappa shape index (κ1) is 16.3. The van der Waals surface area contributed by atoms with Crippen LogP contribution in [0.5, 0.6) is 0 Å². The van der Waals surface area contributed by atoms with Crippen molar-refractivity contribution < 1.29 is 8.84 Å². The Balaban J connectivity index is 2.45. The van der Waals surface area contributed by atoms with Gasteiger partial charge < -0.3 is 8.84 Å². The Labute approximate surface area is 133 Å². The molecule has 0 saturated carbocycles. The predicted molar refractivity (Wildman–Crippen MR) is 90.6 cm³/mol. The van der Waals surface area contributed by atoms with Crippen LogP contribution in [0.25, 0.3) is 6.08 Å². The lowest BCUT2D eigenvalue weighted by atomic mass is 10.0. The van der Waals surface area contributed by atoms with E-state index >= 15 is 0 Å². The van der Waals surface area contributed by atoms with Crippen LogP contribution < -0.4 is 0 Å². The van der Waals surface area contributed by atoms with Crippen molar-refractivity contribution >= 4 is 14.4 Å². The lowest BCUT2D eigenvalue weighted by molar-refractivity contribution is 0.143. The van der Waals surface area contributed by atoms with Crippen molar-refractivity contribution in [2.45, 2.75) is 32.2 Å². The van der Waals surface area contributed by atoms with Crippen LogP contribution in [-0.2, 0) is 10.0 Å². The molecule has 1 heterocycles. The normalized spacial score (nSPS) is 14.7. The molecule has 1 aromatic heterocycles. The number of nitriles is 1. The highest BCUT2D eigenvalue weighted by atomic mass is 28.4. The van der Waals surface area contributed by atoms with Crippen molar-refractivity contribution in [3.8, 4) is 6.07 Å². The molecule has 0 saturated heterocycles. The monoisotopic (exact) mass is 311 g/mol. The lowest BCUT2D eigenvalue weighted by Gasteiger charge is -2.29. The fourth-order valence-corrected chi connectivity index (χ4v) is 3.36. The van der Waals surface area contributed by atoms with E-state index in [0.29, 0.717) is 5.76 Å². The van der Waals surface area contributed by atoms with Crippen LogP contribution in [0.2, 0.25) is 19.6 Å². The molecule has 0 bridgehead atoms. The van der Waals surface area contributed by atoms with Crippen LogP contribution in [-0.4, -0.2) is 8.32 Å². The molecule has 0 N–H and O–H groups in total. The van der Waals surface area contributed by atoms with Crippen LogP contribution in [0.1, 0.15) is 17.1 Å². The average molecular weight is 311 g/mol. The molecule has 22 heavy (non-hydrogen) atoms. The Morgan fingerprint density at radius 3 is 2.32 bits per heavy atom. The average Bonchev–Trinajstić information content (AvgIpc) is 2.90. The zero-order valence-corrected chi connectivity index (χ0v) is 14.5. The number of nitrogens with zero attached hydrogens (tertiary/aromatic N) is 1. The maximum atomic E-state index is 9.82. The molecule has 0 amide bonds. The Kier molecular flexibility index (Phi) is 4.70. The van der Waals surface area contributed by atoms with Crippen molar-refractivity contribution in [3.05, 3.63) is 65.6 Å². The lowest BCUT2D eigenvalue weighted by Crippen LogP contribution is -2.38. The molecule has 0 aliphatic carbocycles. The van der Waals surface area contributed by atoms with Gasteiger partial charge in [-0.15, -0.1) is 0 Å². The summed E-state index contributed by atoms with van der Waals surface area (Å²) >= 11 is 0. The maximum absolute atomic E-state index is 9.82. The van der Waals surface area contributed by atoms with Gasteiger partial charge in [0.05, 0.1) is 0 Å². The SMILES string of the molecule is Cc1ccc(C(C#N)(/C=C/c2ccccc2)O[Si](C)(C)C)o1. The van der Waals surface area contributed by atoms with Crippen molar-refractivity contribution in [3.63, 3.8) is 0 Å². The predicted octanol–water partition coefficient (Wildman–Crippen LogP) is 4.87. The smallest absolute Gasteiger partial charge is 0.222 e. The standard InChI is InChI=1S/C18H21NO2Si/c1-15-10-11-17(20-15)18(14-19,21-22(2,3)4)13-12-16-8-6-5-7-9-16/h5-13H,1-4H3/b13-12+. The van der Waals surface area contributed by atoms with Gasteiger partial charge >= 0.3 is 0 Å². The topological polar surface area (TPSA) is 46.2 Å². The second-order valence-electron chi connectivity index (χ2n) is 6.22. The molecule has 1 aromatic carbocycles. The number of hydrogen-bond acceptors (Lipinski definition) is 3. The van der Waals surface area contributed by atoms with Gasteiger partial charge in [0.2, 0.25) is 5.60 Å². The van der Waals surface area contributed by atoms with E-state index in [2.05, 4.69) is 25.7 Å². The van der Waals surface area contributed by atoms with Crippen LogP contribution in [0.15, 0.2) is 53.0 Å². The Hall–Kier alpha value is -2.09. The molecule has 3 nitrogen and oxygen atoms in total. The van der Waals surface area contributed by atoms with E-state index in [1.807, 2.05) is 55.5 Å². The van der Waals surface area contributed by atoms with E-state index in [0.717, 1.165) is 11.3 Å². The minimum Gasteiger partial charge on any atom is -0.462 e. The third kappa shape index (κ3) is 3.97. The summed E-state index contributed by atoms with van der Waals surface area (Å²) in [5.41, 5.74) is -0.168.